The molecule has 0 aliphatic carbocycles. The zero-order valence-corrected chi connectivity index (χ0v) is 11.3. The van der Waals surface area contributed by atoms with E-state index in [0.717, 1.165) is 19.0 Å². The van der Waals surface area contributed by atoms with E-state index < -0.39 is 17.6 Å². The van der Waals surface area contributed by atoms with Crippen LogP contribution in [-0.4, -0.2) is 11.5 Å². The quantitative estimate of drug-likeness (QED) is 0.670. The van der Waals surface area contributed by atoms with Gasteiger partial charge in [0.2, 0.25) is 5.89 Å². The lowest BCUT2D eigenvalue weighted by atomic mass is 10.1. The van der Waals surface area contributed by atoms with Crippen molar-refractivity contribution < 1.29 is 22.0 Å². The first-order valence-electron chi connectivity index (χ1n) is 6.44. The molecule has 0 saturated heterocycles. The van der Waals surface area contributed by atoms with E-state index >= 15 is 0 Å². The monoisotopic (exact) mass is 302 g/mol. The summed E-state index contributed by atoms with van der Waals surface area (Å²) in [6, 6.07) is 2.67. The van der Waals surface area contributed by atoms with Crippen LogP contribution in [0.2, 0.25) is 0 Å². The highest BCUT2D eigenvalue weighted by atomic mass is 19.4. The molecule has 2 rings (SSSR count). The van der Waals surface area contributed by atoms with Crippen LogP contribution in [0, 0.1) is 5.82 Å². The molecule has 0 bridgehead atoms. The lowest BCUT2D eigenvalue weighted by molar-refractivity contribution is -0.139. The maximum absolute atomic E-state index is 13.2. The molecule has 0 radical (unpaired) electrons. The van der Waals surface area contributed by atoms with Gasteiger partial charge in [0.1, 0.15) is 12.1 Å². The Morgan fingerprint density at radius 2 is 2.05 bits per heavy atom. The van der Waals surface area contributed by atoms with Gasteiger partial charge in [0.25, 0.3) is 0 Å². The van der Waals surface area contributed by atoms with Gasteiger partial charge in [-0.15, -0.1) is 0 Å². The first-order valence-corrected chi connectivity index (χ1v) is 6.44. The summed E-state index contributed by atoms with van der Waals surface area (Å²) in [4.78, 5) is 4.09. The number of rotatable bonds is 5. The van der Waals surface area contributed by atoms with E-state index in [4.69, 9.17) is 4.42 Å². The molecule has 114 valence electrons. The normalized spacial score (nSPS) is 11.9. The van der Waals surface area contributed by atoms with Crippen molar-refractivity contribution in [3.05, 3.63) is 41.5 Å². The van der Waals surface area contributed by atoms with Crippen molar-refractivity contribution in [3.63, 3.8) is 0 Å². The molecule has 0 spiro atoms. The third kappa shape index (κ3) is 3.81. The van der Waals surface area contributed by atoms with Crippen molar-refractivity contribution in [3.8, 4) is 11.5 Å². The van der Waals surface area contributed by atoms with Crippen LogP contribution in [0.4, 0.5) is 17.6 Å². The number of nitrogens with zero attached hydrogens (tertiary/aromatic N) is 1. The van der Waals surface area contributed by atoms with Gasteiger partial charge in [-0.05, 0) is 31.2 Å². The second-order valence-corrected chi connectivity index (χ2v) is 4.51. The van der Waals surface area contributed by atoms with Crippen LogP contribution in [0.25, 0.3) is 11.5 Å². The van der Waals surface area contributed by atoms with Crippen LogP contribution in [0.5, 0.6) is 0 Å². The summed E-state index contributed by atoms with van der Waals surface area (Å²) in [5, 5.41) is 3.10. The van der Waals surface area contributed by atoms with E-state index in [9.17, 15) is 17.6 Å². The molecule has 1 heterocycles. The minimum atomic E-state index is -4.75. The van der Waals surface area contributed by atoms with Crippen molar-refractivity contribution in [2.45, 2.75) is 26.1 Å². The van der Waals surface area contributed by atoms with Crippen LogP contribution < -0.4 is 5.32 Å². The van der Waals surface area contributed by atoms with Gasteiger partial charge in [0, 0.05) is 12.1 Å². The van der Waals surface area contributed by atoms with E-state index in [1.165, 1.54) is 12.3 Å². The first-order chi connectivity index (χ1) is 9.91. The summed E-state index contributed by atoms with van der Waals surface area (Å²) in [6.45, 7) is 3.28. The van der Waals surface area contributed by atoms with Gasteiger partial charge in [-0.3, -0.25) is 0 Å². The van der Waals surface area contributed by atoms with Crippen LogP contribution in [-0.2, 0) is 12.7 Å². The average molecular weight is 302 g/mol. The molecule has 21 heavy (non-hydrogen) atoms. The van der Waals surface area contributed by atoms with Gasteiger partial charge in [-0.2, -0.15) is 13.2 Å². The fraction of sp³-hybridized carbons (Fsp3) is 0.357. The second-order valence-electron chi connectivity index (χ2n) is 4.51. The van der Waals surface area contributed by atoms with Crippen molar-refractivity contribution >= 4 is 0 Å². The predicted octanol–water partition coefficient (Wildman–Crippen LogP) is 4.00. The van der Waals surface area contributed by atoms with E-state index in [1.54, 1.807) is 0 Å². The first kappa shape index (κ1) is 15.5. The second kappa shape index (κ2) is 6.26. The lowest BCUT2D eigenvalue weighted by Gasteiger charge is -2.08. The number of oxazole rings is 1. The van der Waals surface area contributed by atoms with Crippen molar-refractivity contribution in [1.82, 2.24) is 10.3 Å². The zero-order chi connectivity index (χ0) is 15.5. The molecule has 0 saturated carbocycles. The standard InChI is InChI=1S/C14H14F4N2O/c1-2-5-19-7-10-8-21-13(20-10)9-3-4-12(15)11(6-9)14(16,17)18/h3-4,6,8,19H,2,5,7H2,1H3. The Labute approximate surface area is 119 Å². The largest absolute Gasteiger partial charge is 0.444 e. The summed E-state index contributed by atoms with van der Waals surface area (Å²) >= 11 is 0. The Balaban J connectivity index is 2.22. The minimum absolute atomic E-state index is 0.0359. The SMILES string of the molecule is CCCNCc1coc(-c2ccc(F)c(C(F)(F)F)c2)n1. The van der Waals surface area contributed by atoms with E-state index in [2.05, 4.69) is 10.3 Å². The maximum atomic E-state index is 13.2. The molecule has 3 nitrogen and oxygen atoms in total. The Morgan fingerprint density at radius 3 is 2.71 bits per heavy atom. The fourth-order valence-corrected chi connectivity index (χ4v) is 1.79. The number of hydrogen-bond donors (Lipinski definition) is 1. The highest BCUT2D eigenvalue weighted by molar-refractivity contribution is 5.55. The number of hydrogen-bond acceptors (Lipinski definition) is 3. The number of halogens is 4. The van der Waals surface area contributed by atoms with Gasteiger partial charge in [0.05, 0.1) is 11.3 Å². The van der Waals surface area contributed by atoms with Crippen LogP contribution in [0.15, 0.2) is 28.9 Å². The molecule has 0 atom stereocenters. The lowest BCUT2D eigenvalue weighted by Crippen LogP contribution is -2.13. The molecule has 1 aromatic carbocycles. The molecule has 1 aromatic heterocycles. The summed E-state index contributed by atoms with van der Waals surface area (Å²) in [5.41, 5.74) is -0.661. The maximum Gasteiger partial charge on any atom is 0.419 e. The molecule has 0 fully saturated rings. The van der Waals surface area contributed by atoms with Gasteiger partial charge in [-0.25, -0.2) is 9.37 Å². The van der Waals surface area contributed by atoms with E-state index in [1.807, 2.05) is 6.92 Å². The van der Waals surface area contributed by atoms with Crippen molar-refractivity contribution in [2.24, 2.45) is 0 Å². The Kier molecular flexibility index (Phi) is 4.62. The van der Waals surface area contributed by atoms with Crippen molar-refractivity contribution in [2.75, 3.05) is 6.54 Å². The number of aromatic nitrogens is 1. The summed E-state index contributed by atoms with van der Waals surface area (Å²) in [5.74, 6) is -1.28. The molecular weight excluding hydrogens is 288 g/mol. The van der Waals surface area contributed by atoms with Gasteiger partial charge in [-0.1, -0.05) is 6.92 Å². The van der Waals surface area contributed by atoms with Gasteiger partial charge in [0.15, 0.2) is 0 Å². The summed E-state index contributed by atoms with van der Waals surface area (Å²) in [7, 11) is 0. The Morgan fingerprint density at radius 1 is 1.29 bits per heavy atom. The topological polar surface area (TPSA) is 38.1 Å². The average Bonchev–Trinajstić information content (AvgIpc) is 2.87. The van der Waals surface area contributed by atoms with Gasteiger partial charge < -0.3 is 9.73 Å². The van der Waals surface area contributed by atoms with Crippen LogP contribution in [0.3, 0.4) is 0 Å². The van der Waals surface area contributed by atoms with E-state index in [-0.39, 0.29) is 11.5 Å². The summed E-state index contributed by atoms with van der Waals surface area (Å²) < 4.78 is 56.3. The smallest absolute Gasteiger partial charge is 0.419 e. The van der Waals surface area contributed by atoms with Gasteiger partial charge >= 0.3 is 6.18 Å². The third-order valence-electron chi connectivity index (χ3n) is 2.80. The fourth-order valence-electron chi connectivity index (χ4n) is 1.79. The highest BCUT2D eigenvalue weighted by Crippen LogP contribution is 2.34. The number of benzene rings is 1. The number of nitrogens with one attached hydrogen (secondary N) is 1. The van der Waals surface area contributed by atoms with Crippen LogP contribution in [0.1, 0.15) is 24.6 Å². The zero-order valence-electron chi connectivity index (χ0n) is 11.3. The highest BCUT2D eigenvalue weighted by Gasteiger charge is 2.34. The molecular formula is C14H14F4N2O. The summed E-state index contributed by atoms with van der Waals surface area (Å²) in [6.07, 6.45) is -2.43. The molecule has 7 heteroatoms. The minimum Gasteiger partial charge on any atom is -0.444 e. The van der Waals surface area contributed by atoms with Crippen LogP contribution >= 0.6 is 0 Å². The predicted molar refractivity (Wildman–Crippen MR) is 68.9 cm³/mol. The third-order valence-corrected chi connectivity index (χ3v) is 2.80. The molecule has 0 unspecified atom stereocenters. The molecule has 0 amide bonds. The molecule has 0 aliphatic heterocycles. The van der Waals surface area contributed by atoms with Crippen molar-refractivity contribution in [1.29, 1.82) is 0 Å². The van der Waals surface area contributed by atoms with E-state index in [0.29, 0.717) is 18.3 Å². The Hall–Kier alpha value is -1.89. The Bertz CT molecular complexity index is 607. The molecule has 0 aliphatic rings. The molecule has 2 aromatic rings. The number of alkyl halides is 3. The molecule has 1 N–H and O–H groups in total.